The van der Waals surface area contributed by atoms with Gasteiger partial charge in [0.15, 0.2) is 23.5 Å². The molecule has 4 rings (SSSR count). The third kappa shape index (κ3) is 8.46. The van der Waals surface area contributed by atoms with Gasteiger partial charge in [0.1, 0.15) is 29.6 Å². The molecule has 0 fully saturated rings. The van der Waals surface area contributed by atoms with Gasteiger partial charge in [0.25, 0.3) is 5.91 Å². The molecule has 0 unspecified atom stereocenters. The van der Waals surface area contributed by atoms with Crippen LogP contribution in [0.5, 0.6) is 34.5 Å². The Morgan fingerprint density at radius 1 is 0.778 bits per heavy atom. The van der Waals surface area contributed by atoms with Crippen LogP contribution in [-0.4, -0.2) is 66.1 Å². The summed E-state index contributed by atoms with van der Waals surface area (Å²) in [5.41, 5.74) is 2.92. The maximum atomic E-state index is 12.5. The number of methoxy groups -OCH3 is 1. The summed E-state index contributed by atoms with van der Waals surface area (Å²) in [5.74, 6) is -1.24. The van der Waals surface area contributed by atoms with E-state index in [0.717, 1.165) is 22.9 Å². The highest BCUT2D eigenvalue weighted by molar-refractivity contribution is 5.94. The first-order valence-electron chi connectivity index (χ1n) is 13.9. The monoisotopic (exact) mass is 615 g/mol. The lowest BCUT2D eigenvalue weighted by Crippen LogP contribution is -2.27. The van der Waals surface area contributed by atoms with Gasteiger partial charge in [0, 0.05) is 35.4 Å². The fraction of sp³-hybridized carbons (Fsp3) is 0.176. The molecule has 0 heterocycles. The van der Waals surface area contributed by atoms with Gasteiger partial charge in [-0.1, -0.05) is 24.3 Å². The Kier molecular flexibility index (Phi) is 10.9. The summed E-state index contributed by atoms with van der Waals surface area (Å²) in [6.07, 6.45) is 0.400. The minimum absolute atomic E-state index is 0.0281. The second kappa shape index (κ2) is 15.2. The van der Waals surface area contributed by atoms with Crippen molar-refractivity contribution in [3.63, 3.8) is 0 Å². The van der Waals surface area contributed by atoms with Crippen molar-refractivity contribution in [2.75, 3.05) is 33.5 Å². The van der Waals surface area contributed by atoms with E-state index in [1.54, 1.807) is 26.2 Å². The summed E-state index contributed by atoms with van der Waals surface area (Å²) in [6.45, 7) is 1.94. The van der Waals surface area contributed by atoms with E-state index >= 15 is 0 Å². The number of amides is 1. The van der Waals surface area contributed by atoms with E-state index in [0.29, 0.717) is 11.8 Å². The highest BCUT2D eigenvalue weighted by Gasteiger charge is 2.18. The van der Waals surface area contributed by atoms with Crippen molar-refractivity contribution in [1.82, 2.24) is 5.32 Å². The van der Waals surface area contributed by atoms with Crippen LogP contribution in [0.3, 0.4) is 0 Å². The van der Waals surface area contributed by atoms with Crippen LogP contribution in [0.2, 0.25) is 0 Å². The molecule has 0 saturated carbocycles. The summed E-state index contributed by atoms with van der Waals surface area (Å²) in [4.78, 5) is 24.5. The topological polar surface area (TPSA) is 164 Å². The summed E-state index contributed by atoms with van der Waals surface area (Å²) in [5, 5.41) is 42.5. The lowest BCUT2D eigenvalue weighted by Gasteiger charge is -2.17. The van der Waals surface area contributed by atoms with Gasteiger partial charge in [-0.05, 0) is 60.5 Å². The van der Waals surface area contributed by atoms with Gasteiger partial charge in [-0.3, -0.25) is 9.59 Å². The Hall–Kier alpha value is -5.68. The number of phenols is 4. The molecule has 0 aliphatic heterocycles. The minimum atomic E-state index is -0.465. The van der Waals surface area contributed by atoms with E-state index in [-0.39, 0.29) is 77.9 Å². The maximum Gasteiger partial charge on any atom is 0.251 e. The Balaban J connectivity index is 1.31. The second-order valence-corrected chi connectivity index (χ2v) is 9.73. The van der Waals surface area contributed by atoms with Crippen molar-refractivity contribution < 1.29 is 49.0 Å². The highest BCUT2D eigenvalue weighted by atomic mass is 16.5. The molecule has 0 bridgehead atoms. The van der Waals surface area contributed by atoms with Gasteiger partial charge in [-0.25, -0.2) is 0 Å². The zero-order valence-corrected chi connectivity index (χ0v) is 24.6. The van der Waals surface area contributed by atoms with Crippen LogP contribution in [-0.2, 0) is 14.3 Å². The van der Waals surface area contributed by atoms with Crippen molar-refractivity contribution in [1.29, 1.82) is 0 Å². The van der Waals surface area contributed by atoms with Crippen LogP contribution >= 0.6 is 0 Å². The van der Waals surface area contributed by atoms with Gasteiger partial charge in [0.2, 0.25) is 5.76 Å². The number of aldehydes is 1. The van der Waals surface area contributed by atoms with Gasteiger partial charge in [-0.2, -0.15) is 0 Å². The molecule has 1 amide bonds. The molecule has 45 heavy (non-hydrogen) atoms. The molecule has 234 valence electrons. The van der Waals surface area contributed by atoms with Crippen LogP contribution in [0.15, 0.2) is 84.6 Å². The molecule has 0 aromatic heterocycles. The minimum Gasteiger partial charge on any atom is -0.508 e. The van der Waals surface area contributed by atoms with Gasteiger partial charge >= 0.3 is 0 Å². The summed E-state index contributed by atoms with van der Waals surface area (Å²) < 4.78 is 22.2. The zero-order chi connectivity index (χ0) is 32.3. The molecule has 4 aromatic carbocycles. The largest absolute Gasteiger partial charge is 0.508 e. The molecular weight excluding hydrogens is 582 g/mol. The first-order valence-corrected chi connectivity index (χ1v) is 13.9. The van der Waals surface area contributed by atoms with Crippen LogP contribution in [0.1, 0.15) is 21.5 Å². The Morgan fingerprint density at radius 2 is 1.44 bits per heavy atom. The van der Waals surface area contributed by atoms with Crippen LogP contribution < -0.4 is 14.8 Å². The van der Waals surface area contributed by atoms with Crippen molar-refractivity contribution in [3.05, 3.63) is 101 Å². The molecule has 4 aromatic rings. The number of ether oxygens (including phenoxy) is 4. The molecule has 0 spiro atoms. The predicted octanol–water partition coefficient (Wildman–Crippen LogP) is 4.90. The molecule has 5 N–H and O–H groups in total. The number of hydrogen-bond acceptors (Lipinski definition) is 10. The number of nitrogens with one attached hydrogen (secondary N) is 1. The highest BCUT2D eigenvalue weighted by Crippen LogP contribution is 2.36. The molecule has 0 radical (unpaired) electrons. The number of rotatable bonds is 14. The number of hydrogen-bond donors (Lipinski definition) is 5. The quantitative estimate of drug-likeness (QED) is 0.0433. The van der Waals surface area contributed by atoms with E-state index in [9.17, 15) is 30.0 Å². The fourth-order valence-corrected chi connectivity index (χ4v) is 4.19. The van der Waals surface area contributed by atoms with E-state index in [4.69, 9.17) is 18.9 Å². The average Bonchev–Trinajstić information content (AvgIpc) is 3.05. The smallest absolute Gasteiger partial charge is 0.251 e. The fourth-order valence-electron chi connectivity index (χ4n) is 4.19. The Bertz CT molecular complexity index is 1660. The first-order chi connectivity index (χ1) is 21.7. The number of phenolic OH excluding ortho intramolecular Hbond substituents is 4. The number of carbonyl (C=O) groups excluding carboxylic acids is 2. The van der Waals surface area contributed by atoms with E-state index in [1.165, 1.54) is 24.3 Å². The zero-order valence-electron chi connectivity index (χ0n) is 24.6. The lowest BCUT2D eigenvalue weighted by molar-refractivity contribution is -0.108. The Labute approximate surface area is 259 Å². The molecule has 0 saturated heterocycles. The van der Waals surface area contributed by atoms with Gasteiger partial charge in [-0.15, -0.1) is 0 Å². The standard InChI is InChI=1S/C34H33NO10/c1-21-29(39)18-26(37)19-31(21)45-33(25-9-12-28(38)30(40)17-25)32(20-36)44-16-15-43-14-13-35-34(41)24-5-3-22(4-6-24)23-7-10-27(42-2)11-8-23/h3-12,17-20,37-40H,13-16H2,1-2H3,(H,35,41)/b33-32+. The van der Waals surface area contributed by atoms with E-state index < -0.39 is 5.75 Å². The second-order valence-electron chi connectivity index (χ2n) is 9.73. The lowest BCUT2D eigenvalue weighted by atomic mass is 10.0. The third-order valence-corrected chi connectivity index (χ3v) is 6.69. The van der Waals surface area contributed by atoms with E-state index in [1.807, 2.05) is 36.4 Å². The third-order valence-electron chi connectivity index (χ3n) is 6.69. The van der Waals surface area contributed by atoms with Gasteiger partial charge in [0.05, 0.1) is 20.3 Å². The molecule has 11 nitrogen and oxygen atoms in total. The summed E-state index contributed by atoms with van der Waals surface area (Å²) >= 11 is 0. The Morgan fingerprint density at radius 3 is 2.09 bits per heavy atom. The van der Waals surface area contributed by atoms with Crippen molar-refractivity contribution in [2.24, 2.45) is 0 Å². The maximum absolute atomic E-state index is 12.5. The van der Waals surface area contributed by atoms with Crippen LogP contribution in [0.25, 0.3) is 16.9 Å². The predicted molar refractivity (Wildman–Crippen MR) is 165 cm³/mol. The number of aromatic hydroxyl groups is 4. The number of allylic oxidation sites excluding steroid dienone is 1. The molecule has 11 heteroatoms. The SMILES string of the molecule is COc1ccc(-c2ccc(C(=O)NCCOCCO/C(C=O)=C(/Oc3cc(O)cc(O)c3C)c3ccc(O)c(O)c3)cc2)cc1. The molecule has 0 atom stereocenters. The first kappa shape index (κ1) is 32.2. The average molecular weight is 616 g/mol. The van der Waals surface area contributed by atoms with Crippen LogP contribution in [0, 0.1) is 6.92 Å². The molecule has 0 aliphatic carbocycles. The number of carbonyl (C=O) groups is 2. The summed E-state index contributed by atoms with van der Waals surface area (Å²) in [7, 11) is 1.61. The molecule has 0 aliphatic rings. The summed E-state index contributed by atoms with van der Waals surface area (Å²) in [6, 6.07) is 21.0. The normalized spacial score (nSPS) is 11.3. The van der Waals surface area contributed by atoms with Crippen LogP contribution in [0.4, 0.5) is 0 Å². The van der Waals surface area contributed by atoms with Crippen molar-refractivity contribution in [2.45, 2.75) is 6.92 Å². The van der Waals surface area contributed by atoms with Crippen molar-refractivity contribution >= 4 is 18.0 Å². The van der Waals surface area contributed by atoms with Gasteiger partial charge < -0.3 is 44.7 Å². The number of benzene rings is 4. The molecular formula is C34H33NO10. The van der Waals surface area contributed by atoms with E-state index in [2.05, 4.69) is 5.32 Å². The van der Waals surface area contributed by atoms with Crippen molar-refractivity contribution in [3.8, 4) is 45.6 Å².